The van der Waals surface area contributed by atoms with Crippen molar-refractivity contribution >= 4 is 11.8 Å². The zero-order chi connectivity index (χ0) is 57.3. The molecule has 0 radical (unpaired) electrons. The first-order valence-corrected chi connectivity index (χ1v) is 25.7. The van der Waals surface area contributed by atoms with Crippen LogP contribution in [0.5, 0.6) is 0 Å². The topological polar surface area (TPSA) is 576 Å². The standard InChI is InChI=1S/C42H72O35S/c43-1-8-15(49)17(51)25(59)37(67-8)74-32-11(4-46)69-39(27(61)20(32)54)76-34-13(6-48)72-42(30(64)23(34)57)78-7-14-35(22(56)29(63)41(71-14)73-31-10(3-45)66-36(65)24(58)19(31)53)77-40-28(62)21(55)33(12(5-47)70-40)75-38-26(60)18(52)16(50)9(2-44)68-38/h8-65H,1-7H2/t8?,9?,10?,11?,12?,13?,14?,15-,16-,17+,18+,19-,20-,21-,22-,23-,24?,25?,26?,27?,28?,29?,30?,31-,32-,33-,34-,35-,36?,37-,38-,39-,40-,41-,42-/m1/s1. The lowest BCUT2D eigenvalue weighted by molar-refractivity contribution is -0.384. The van der Waals surface area contributed by atoms with Gasteiger partial charge in [-0.05, 0) is 0 Å². The minimum Gasteiger partial charge on any atom is -0.394 e. The molecule has 35 atom stereocenters. The Morgan fingerprint density at radius 1 is 0.244 bits per heavy atom. The molecule has 0 saturated carbocycles. The van der Waals surface area contributed by atoms with Crippen LogP contribution in [0.1, 0.15) is 0 Å². The van der Waals surface area contributed by atoms with Gasteiger partial charge in [0.2, 0.25) is 0 Å². The van der Waals surface area contributed by atoms with E-state index in [1.165, 1.54) is 0 Å². The van der Waals surface area contributed by atoms with Crippen LogP contribution in [0, 0.1) is 0 Å². The van der Waals surface area contributed by atoms with Crippen molar-refractivity contribution in [2.45, 2.75) is 214 Å². The molecular weight excluding hydrogens is 1100 g/mol. The summed E-state index contributed by atoms with van der Waals surface area (Å²) in [6.07, 6.45) is -64.9. The summed E-state index contributed by atoms with van der Waals surface area (Å²) < 4.78 is 67.4. The summed E-state index contributed by atoms with van der Waals surface area (Å²) in [5.41, 5.74) is -1.63. The first-order valence-electron chi connectivity index (χ1n) is 24.7. The Kier molecular flexibility index (Phi) is 23.0. The highest BCUT2D eigenvalue weighted by atomic mass is 32.2. The second-order valence-electron chi connectivity index (χ2n) is 19.6. The van der Waals surface area contributed by atoms with Gasteiger partial charge >= 0.3 is 0 Å². The van der Waals surface area contributed by atoms with Gasteiger partial charge in [0.15, 0.2) is 37.7 Å². The summed E-state index contributed by atoms with van der Waals surface area (Å²) in [6.45, 7) is -5.68. The third-order valence-corrected chi connectivity index (χ3v) is 15.8. The van der Waals surface area contributed by atoms with Crippen LogP contribution in [0.3, 0.4) is 0 Å². The smallest absolute Gasteiger partial charge is 0.187 e. The van der Waals surface area contributed by atoms with E-state index in [-0.39, 0.29) is 0 Å². The number of thioether (sulfide) groups is 1. The van der Waals surface area contributed by atoms with Crippen molar-refractivity contribution in [2.24, 2.45) is 0 Å². The number of hydrogen-bond donors (Lipinski definition) is 23. The summed E-state index contributed by atoms with van der Waals surface area (Å²) in [4.78, 5) is 0. The molecule has 7 aliphatic rings. The first kappa shape index (κ1) is 64.5. The van der Waals surface area contributed by atoms with Gasteiger partial charge < -0.3 is 174 Å². The second kappa shape index (κ2) is 27.8. The quantitative estimate of drug-likeness (QED) is 0.0571. The van der Waals surface area contributed by atoms with Crippen molar-refractivity contribution in [2.75, 3.05) is 45.4 Å². The highest BCUT2D eigenvalue weighted by Gasteiger charge is 2.58. The first-order chi connectivity index (χ1) is 37.0. The van der Waals surface area contributed by atoms with Gasteiger partial charge in [-0.3, -0.25) is 0 Å². The molecule has 456 valence electrons. The number of ether oxygens (including phenoxy) is 12. The van der Waals surface area contributed by atoms with Gasteiger partial charge in [-0.1, -0.05) is 0 Å². The molecule has 0 aromatic carbocycles. The van der Waals surface area contributed by atoms with Crippen molar-refractivity contribution in [3.05, 3.63) is 0 Å². The molecule has 0 amide bonds. The van der Waals surface area contributed by atoms with Crippen LogP contribution in [-0.4, -0.2) is 377 Å². The van der Waals surface area contributed by atoms with Gasteiger partial charge in [0.25, 0.3) is 0 Å². The predicted octanol–water partition coefficient (Wildman–Crippen LogP) is -15.6. The number of rotatable bonds is 19. The minimum atomic E-state index is -2.22. The molecule has 15 unspecified atom stereocenters. The van der Waals surface area contributed by atoms with E-state index in [0.29, 0.717) is 11.8 Å². The van der Waals surface area contributed by atoms with Gasteiger partial charge in [0.05, 0.1) is 45.7 Å². The molecule has 0 bridgehead atoms. The van der Waals surface area contributed by atoms with Crippen LogP contribution in [0.25, 0.3) is 0 Å². The highest BCUT2D eigenvalue weighted by molar-refractivity contribution is 7.99. The summed E-state index contributed by atoms with van der Waals surface area (Å²) >= 11 is 0.562. The minimum absolute atomic E-state index is 0.562. The largest absolute Gasteiger partial charge is 0.394 e. The number of aliphatic hydroxyl groups excluding tert-OH is 23. The van der Waals surface area contributed by atoms with Gasteiger partial charge in [0.1, 0.15) is 170 Å². The summed E-state index contributed by atoms with van der Waals surface area (Å²) in [7, 11) is 0. The molecule has 0 aromatic rings. The van der Waals surface area contributed by atoms with E-state index in [1.807, 2.05) is 0 Å². The van der Waals surface area contributed by atoms with E-state index in [2.05, 4.69) is 0 Å². The van der Waals surface area contributed by atoms with Crippen molar-refractivity contribution < 1.29 is 174 Å². The van der Waals surface area contributed by atoms with Crippen molar-refractivity contribution in [1.82, 2.24) is 0 Å². The lowest BCUT2D eigenvalue weighted by Crippen LogP contribution is -2.67. The average molecular weight is 1170 g/mol. The van der Waals surface area contributed by atoms with Gasteiger partial charge in [-0.25, -0.2) is 0 Å². The Balaban J connectivity index is 1.06. The molecule has 7 heterocycles. The molecule has 35 nitrogen and oxygen atoms in total. The third-order valence-electron chi connectivity index (χ3n) is 14.5. The normalized spacial score (nSPS) is 53.5. The SMILES string of the molecule is OCC1O[C@H](O[C@@H]2C(CO)O[C@H](O[C@@H]3C(CS[C@H]4OC(CO)[C@@H](O[C@H]5OC(CO)[C@@H](O[C@H]6OC(CO)[C@@H](O)[C@H](O)C6O)[C@H](O)C5O)[C@H](O)C4O)O[C@H](O[C@@H]4C(CO)OC(O)C(O)[C@H]4O)C(O)[C@H]3O)C(O)[C@H]2O)C(O)[C@@H](O)[C@@H]1O. The summed E-state index contributed by atoms with van der Waals surface area (Å²) in [5.74, 6) is -0.594. The summed E-state index contributed by atoms with van der Waals surface area (Å²) in [6, 6.07) is 0. The molecule has 0 aliphatic carbocycles. The zero-order valence-corrected chi connectivity index (χ0v) is 41.6. The fourth-order valence-electron chi connectivity index (χ4n) is 9.90. The van der Waals surface area contributed by atoms with Gasteiger partial charge in [-0.2, -0.15) is 0 Å². The van der Waals surface area contributed by atoms with Crippen LogP contribution < -0.4 is 0 Å². The maximum absolute atomic E-state index is 11.7. The maximum atomic E-state index is 11.7. The monoisotopic (exact) mass is 1170 g/mol. The van der Waals surface area contributed by atoms with Crippen molar-refractivity contribution in [3.8, 4) is 0 Å². The fraction of sp³-hybridized carbons (Fsp3) is 1.00. The van der Waals surface area contributed by atoms with Gasteiger partial charge in [0, 0.05) is 5.75 Å². The third kappa shape index (κ3) is 13.2. The molecule has 7 rings (SSSR count). The van der Waals surface area contributed by atoms with Crippen LogP contribution in [0.4, 0.5) is 0 Å². The summed E-state index contributed by atoms with van der Waals surface area (Å²) in [5, 5.41) is 244. The molecule has 78 heavy (non-hydrogen) atoms. The van der Waals surface area contributed by atoms with Crippen LogP contribution in [-0.2, 0) is 56.8 Å². The molecule has 7 aliphatic heterocycles. The Bertz CT molecular complexity index is 1810. The predicted molar refractivity (Wildman–Crippen MR) is 238 cm³/mol. The Hall–Kier alpha value is -1.05. The van der Waals surface area contributed by atoms with E-state index in [0.717, 1.165) is 0 Å². The van der Waals surface area contributed by atoms with Crippen LogP contribution >= 0.6 is 11.8 Å². The molecule has 7 saturated heterocycles. The zero-order valence-electron chi connectivity index (χ0n) is 40.8. The molecule has 0 aromatic heterocycles. The second-order valence-corrected chi connectivity index (χ2v) is 20.7. The Morgan fingerprint density at radius 3 is 0.846 bits per heavy atom. The fourth-order valence-corrected chi connectivity index (χ4v) is 11.1. The van der Waals surface area contributed by atoms with Crippen LogP contribution in [0.2, 0.25) is 0 Å². The van der Waals surface area contributed by atoms with E-state index < -0.39 is 259 Å². The molecule has 23 N–H and O–H groups in total. The van der Waals surface area contributed by atoms with Gasteiger partial charge in [-0.15, -0.1) is 11.8 Å². The van der Waals surface area contributed by atoms with Crippen molar-refractivity contribution in [3.63, 3.8) is 0 Å². The van der Waals surface area contributed by atoms with E-state index >= 15 is 0 Å². The molecular formula is C42H72O35S. The highest BCUT2D eigenvalue weighted by Crippen LogP contribution is 2.39. The van der Waals surface area contributed by atoms with E-state index in [4.69, 9.17) is 56.8 Å². The Morgan fingerprint density at radius 2 is 0.500 bits per heavy atom. The number of hydrogen-bond acceptors (Lipinski definition) is 36. The molecule has 36 heteroatoms. The van der Waals surface area contributed by atoms with Crippen molar-refractivity contribution in [1.29, 1.82) is 0 Å². The van der Waals surface area contributed by atoms with E-state index in [9.17, 15) is 117 Å². The lowest BCUT2D eigenvalue weighted by atomic mass is 9.96. The molecule has 0 spiro atoms. The average Bonchev–Trinajstić information content (AvgIpc) is 3.44. The molecule has 7 fully saturated rings. The lowest BCUT2D eigenvalue weighted by Gasteiger charge is -2.49. The van der Waals surface area contributed by atoms with E-state index in [1.54, 1.807) is 0 Å². The number of aliphatic hydroxyl groups is 23. The Labute approximate surface area is 444 Å². The van der Waals surface area contributed by atoms with Crippen LogP contribution in [0.15, 0.2) is 0 Å². The maximum Gasteiger partial charge on any atom is 0.187 e.